The Morgan fingerprint density at radius 3 is 2.71 bits per heavy atom. The molecule has 0 atom stereocenters. The maximum Gasteiger partial charge on any atom is 0.241 e. The van der Waals surface area contributed by atoms with Crippen LogP contribution in [0.5, 0.6) is 0 Å². The van der Waals surface area contributed by atoms with Crippen LogP contribution in [0.2, 0.25) is 0 Å². The van der Waals surface area contributed by atoms with E-state index in [-0.39, 0.29) is 24.2 Å². The smallest absolute Gasteiger partial charge is 0.241 e. The lowest BCUT2D eigenvalue weighted by Crippen LogP contribution is -2.29. The van der Waals surface area contributed by atoms with E-state index >= 15 is 0 Å². The van der Waals surface area contributed by atoms with E-state index in [1.807, 2.05) is 0 Å². The van der Waals surface area contributed by atoms with Crippen molar-refractivity contribution < 1.29 is 18.3 Å². The number of aliphatic hydroxyl groups excluding tert-OH is 1. The van der Waals surface area contributed by atoms with Crippen LogP contribution in [0.3, 0.4) is 0 Å². The van der Waals surface area contributed by atoms with Crippen molar-refractivity contribution >= 4 is 21.4 Å². The van der Waals surface area contributed by atoms with E-state index in [9.17, 15) is 8.42 Å². The molecule has 2 N–H and O–H groups in total. The zero-order chi connectivity index (χ0) is 15.3. The monoisotopic (exact) mass is 333 g/mol. The third-order valence-corrected chi connectivity index (χ3v) is 6.42. The number of aryl methyl sites for hydroxylation is 1. The number of hydrogen-bond acceptors (Lipinski definition) is 5. The Balaban J connectivity index is 1.82. The van der Waals surface area contributed by atoms with Crippen LogP contribution in [0.1, 0.15) is 41.9 Å². The quantitative estimate of drug-likeness (QED) is 0.750. The molecule has 1 heterocycles. The molecule has 1 aliphatic rings. The van der Waals surface area contributed by atoms with E-state index in [1.165, 1.54) is 36.7 Å². The van der Waals surface area contributed by atoms with Gasteiger partial charge in [-0.05, 0) is 25.8 Å². The summed E-state index contributed by atoms with van der Waals surface area (Å²) in [5.41, 5.74) is 0. The topological polar surface area (TPSA) is 75.6 Å². The average molecular weight is 333 g/mol. The van der Waals surface area contributed by atoms with Crippen LogP contribution in [-0.2, 0) is 21.4 Å². The molecule has 21 heavy (non-hydrogen) atoms. The SMILES string of the molecule is Cc1sc(CO)cc1S(=O)(=O)NCCOC1CCCCC1. The number of aliphatic hydroxyl groups is 1. The van der Waals surface area contributed by atoms with Gasteiger partial charge in [-0.25, -0.2) is 13.1 Å². The molecule has 7 heteroatoms. The van der Waals surface area contributed by atoms with Crippen molar-refractivity contribution in [3.05, 3.63) is 15.8 Å². The molecular weight excluding hydrogens is 310 g/mol. The third-order valence-electron chi connectivity index (χ3n) is 3.67. The molecule has 0 spiro atoms. The van der Waals surface area contributed by atoms with Gasteiger partial charge in [-0.1, -0.05) is 19.3 Å². The van der Waals surface area contributed by atoms with E-state index in [1.54, 1.807) is 6.92 Å². The van der Waals surface area contributed by atoms with Crippen LogP contribution in [0.15, 0.2) is 11.0 Å². The number of thiophene rings is 1. The molecule has 5 nitrogen and oxygen atoms in total. The Morgan fingerprint density at radius 2 is 2.10 bits per heavy atom. The number of nitrogens with one attached hydrogen (secondary N) is 1. The van der Waals surface area contributed by atoms with Gasteiger partial charge < -0.3 is 9.84 Å². The van der Waals surface area contributed by atoms with Gasteiger partial charge in [0, 0.05) is 16.3 Å². The summed E-state index contributed by atoms with van der Waals surface area (Å²) in [5, 5.41) is 9.07. The fraction of sp³-hybridized carbons (Fsp3) is 0.714. The van der Waals surface area contributed by atoms with Gasteiger partial charge >= 0.3 is 0 Å². The van der Waals surface area contributed by atoms with Crippen LogP contribution < -0.4 is 4.72 Å². The second kappa shape index (κ2) is 7.69. The number of sulfonamides is 1. The Kier molecular flexibility index (Phi) is 6.19. The summed E-state index contributed by atoms with van der Waals surface area (Å²) in [6, 6.07) is 1.53. The molecule has 1 aromatic rings. The number of rotatable bonds is 7. The van der Waals surface area contributed by atoms with Crippen LogP contribution in [0.25, 0.3) is 0 Å². The third kappa shape index (κ3) is 4.75. The zero-order valence-corrected chi connectivity index (χ0v) is 13.9. The maximum absolute atomic E-state index is 12.2. The predicted octanol–water partition coefficient (Wildman–Crippen LogP) is 2.18. The van der Waals surface area contributed by atoms with E-state index in [2.05, 4.69) is 4.72 Å². The van der Waals surface area contributed by atoms with Gasteiger partial charge in [0.15, 0.2) is 0 Å². The molecule has 120 valence electrons. The van der Waals surface area contributed by atoms with E-state index in [0.717, 1.165) is 12.8 Å². The molecule has 0 aromatic carbocycles. The molecular formula is C14H23NO4S2. The first-order valence-corrected chi connectivity index (χ1v) is 9.64. The van der Waals surface area contributed by atoms with Crippen molar-refractivity contribution in [2.45, 2.75) is 56.6 Å². The second-order valence-corrected chi connectivity index (χ2v) is 8.40. The first-order valence-electron chi connectivity index (χ1n) is 7.34. The molecule has 2 rings (SSSR count). The fourth-order valence-electron chi connectivity index (χ4n) is 2.58. The highest BCUT2D eigenvalue weighted by atomic mass is 32.2. The number of ether oxygens (including phenoxy) is 1. The molecule has 1 aliphatic carbocycles. The summed E-state index contributed by atoms with van der Waals surface area (Å²) in [5.74, 6) is 0. The first kappa shape index (κ1) is 16.9. The predicted molar refractivity (Wildman–Crippen MR) is 83.0 cm³/mol. The normalized spacial score (nSPS) is 17.2. The minimum Gasteiger partial charge on any atom is -0.391 e. The standard InChI is InChI=1S/C14H23NO4S2/c1-11-14(9-13(10-16)20-11)21(17,18)15-7-8-19-12-5-3-2-4-6-12/h9,12,15-16H,2-8,10H2,1H3. The molecule has 0 bridgehead atoms. The van der Waals surface area contributed by atoms with Gasteiger partial charge in [0.2, 0.25) is 10.0 Å². The largest absolute Gasteiger partial charge is 0.391 e. The lowest BCUT2D eigenvalue weighted by Gasteiger charge is -2.21. The van der Waals surface area contributed by atoms with Crippen LogP contribution in [0, 0.1) is 6.92 Å². The summed E-state index contributed by atoms with van der Waals surface area (Å²) >= 11 is 1.30. The molecule has 0 saturated heterocycles. The molecule has 0 unspecified atom stereocenters. The molecule has 1 aromatic heterocycles. The lowest BCUT2D eigenvalue weighted by molar-refractivity contribution is 0.0321. The number of hydrogen-bond donors (Lipinski definition) is 2. The molecule has 0 amide bonds. The summed E-state index contributed by atoms with van der Waals surface area (Å²) in [4.78, 5) is 1.61. The Labute approximate surface area is 130 Å². The molecule has 1 fully saturated rings. The molecule has 0 aliphatic heterocycles. The highest BCUT2D eigenvalue weighted by Crippen LogP contribution is 2.25. The summed E-state index contributed by atoms with van der Waals surface area (Å²) in [6.45, 7) is 2.30. The van der Waals surface area contributed by atoms with Gasteiger partial charge in [-0.2, -0.15) is 0 Å². The fourth-order valence-corrected chi connectivity index (χ4v) is 5.09. The van der Waals surface area contributed by atoms with Crippen molar-refractivity contribution in [2.75, 3.05) is 13.2 Å². The van der Waals surface area contributed by atoms with Crippen molar-refractivity contribution in [2.24, 2.45) is 0 Å². The summed E-state index contributed by atoms with van der Waals surface area (Å²) in [6.07, 6.45) is 6.12. The van der Waals surface area contributed by atoms with Crippen molar-refractivity contribution in [3.63, 3.8) is 0 Å². The minimum atomic E-state index is -3.51. The van der Waals surface area contributed by atoms with Crippen molar-refractivity contribution in [1.29, 1.82) is 0 Å². The van der Waals surface area contributed by atoms with Crippen LogP contribution in [-0.4, -0.2) is 32.8 Å². The van der Waals surface area contributed by atoms with E-state index < -0.39 is 10.0 Å². The lowest BCUT2D eigenvalue weighted by atomic mass is 9.98. The highest BCUT2D eigenvalue weighted by molar-refractivity contribution is 7.89. The van der Waals surface area contributed by atoms with Crippen LogP contribution in [0.4, 0.5) is 0 Å². The van der Waals surface area contributed by atoms with Crippen molar-refractivity contribution in [3.8, 4) is 0 Å². The van der Waals surface area contributed by atoms with E-state index in [0.29, 0.717) is 16.4 Å². The molecule has 0 radical (unpaired) electrons. The first-order chi connectivity index (χ1) is 10.0. The molecule has 1 saturated carbocycles. The summed E-state index contributed by atoms with van der Waals surface area (Å²) in [7, 11) is -3.51. The highest BCUT2D eigenvalue weighted by Gasteiger charge is 2.20. The Morgan fingerprint density at radius 1 is 1.38 bits per heavy atom. The Hall–Kier alpha value is -0.470. The zero-order valence-electron chi connectivity index (χ0n) is 12.3. The van der Waals surface area contributed by atoms with Gasteiger partial charge in [0.25, 0.3) is 0 Å². The Bertz CT molecular complexity index is 547. The minimum absolute atomic E-state index is 0.133. The van der Waals surface area contributed by atoms with Gasteiger partial charge in [0.05, 0.1) is 24.2 Å². The van der Waals surface area contributed by atoms with Gasteiger partial charge in [0.1, 0.15) is 0 Å². The van der Waals surface area contributed by atoms with Gasteiger partial charge in [-0.3, -0.25) is 0 Å². The summed E-state index contributed by atoms with van der Waals surface area (Å²) < 4.78 is 32.7. The maximum atomic E-state index is 12.2. The second-order valence-electron chi connectivity index (χ2n) is 5.32. The average Bonchev–Trinajstić information content (AvgIpc) is 2.87. The van der Waals surface area contributed by atoms with Gasteiger partial charge in [-0.15, -0.1) is 11.3 Å². The van der Waals surface area contributed by atoms with Crippen LogP contribution >= 0.6 is 11.3 Å². The van der Waals surface area contributed by atoms with E-state index in [4.69, 9.17) is 9.84 Å². The van der Waals surface area contributed by atoms with Crippen molar-refractivity contribution in [1.82, 2.24) is 4.72 Å².